The quantitative estimate of drug-likeness (QED) is 0.360. The maximum absolute atomic E-state index is 15.2. The van der Waals surface area contributed by atoms with Gasteiger partial charge in [0.25, 0.3) is 0 Å². The maximum Gasteiger partial charge on any atom is 0.387 e. The molecule has 4 aromatic rings. The van der Waals surface area contributed by atoms with Crippen LogP contribution in [0.1, 0.15) is 35.5 Å². The molecule has 1 atom stereocenters. The summed E-state index contributed by atoms with van der Waals surface area (Å²) < 4.78 is 53.8. The molecule has 0 saturated carbocycles. The van der Waals surface area contributed by atoms with Crippen LogP contribution in [0.2, 0.25) is 0 Å². The summed E-state index contributed by atoms with van der Waals surface area (Å²) >= 11 is 0. The van der Waals surface area contributed by atoms with Gasteiger partial charge in [-0.2, -0.15) is 8.78 Å². The second-order valence-corrected chi connectivity index (χ2v) is 8.70. The van der Waals surface area contributed by atoms with Crippen molar-refractivity contribution in [3.05, 3.63) is 89.1 Å². The van der Waals surface area contributed by atoms with Gasteiger partial charge in [-0.1, -0.05) is 42.5 Å². The number of ether oxygens (including phenoxy) is 2. The summed E-state index contributed by atoms with van der Waals surface area (Å²) in [5, 5.41) is 0. The molecular weight excluding hydrogens is 471 g/mol. The molecule has 1 aliphatic rings. The predicted molar refractivity (Wildman–Crippen MR) is 127 cm³/mol. The lowest BCUT2D eigenvalue weighted by Gasteiger charge is -2.25. The van der Waals surface area contributed by atoms with Gasteiger partial charge in [-0.25, -0.2) is 9.37 Å². The zero-order valence-electron chi connectivity index (χ0n) is 19.7. The smallest absolute Gasteiger partial charge is 0.387 e. The van der Waals surface area contributed by atoms with Crippen LogP contribution in [0, 0.1) is 5.82 Å². The van der Waals surface area contributed by atoms with Crippen LogP contribution in [0.4, 0.5) is 13.2 Å². The van der Waals surface area contributed by atoms with E-state index < -0.39 is 18.5 Å². The van der Waals surface area contributed by atoms with E-state index in [0.29, 0.717) is 47.6 Å². The first-order valence-electron chi connectivity index (χ1n) is 11.5. The van der Waals surface area contributed by atoms with Gasteiger partial charge in [0, 0.05) is 50.3 Å². The van der Waals surface area contributed by atoms with Gasteiger partial charge in [0.1, 0.15) is 23.3 Å². The van der Waals surface area contributed by atoms with Gasteiger partial charge in [0.15, 0.2) is 0 Å². The van der Waals surface area contributed by atoms with E-state index in [2.05, 4.69) is 4.98 Å². The number of amides is 1. The zero-order chi connectivity index (χ0) is 25.4. The summed E-state index contributed by atoms with van der Waals surface area (Å²) in [6, 6.07) is 15.2. The molecule has 186 valence electrons. The van der Waals surface area contributed by atoms with Crippen LogP contribution in [0.5, 0.6) is 5.75 Å². The van der Waals surface area contributed by atoms with Crippen molar-refractivity contribution in [2.45, 2.75) is 32.6 Å². The number of rotatable bonds is 6. The number of aromatic nitrogens is 2. The highest BCUT2D eigenvalue weighted by Crippen LogP contribution is 2.39. The van der Waals surface area contributed by atoms with Gasteiger partial charge < -0.3 is 14.4 Å². The Morgan fingerprint density at radius 1 is 1.22 bits per heavy atom. The Morgan fingerprint density at radius 3 is 2.69 bits per heavy atom. The van der Waals surface area contributed by atoms with Gasteiger partial charge in [0.2, 0.25) is 5.91 Å². The van der Waals surface area contributed by atoms with Crippen molar-refractivity contribution in [3.63, 3.8) is 0 Å². The summed E-state index contributed by atoms with van der Waals surface area (Å²) in [5.74, 6) is -0.455. The van der Waals surface area contributed by atoms with E-state index in [4.69, 9.17) is 9.47 Å². The van der Waals surface area contributed by atoms with Gasteiger partial charge in [-0.05, 0) is 17.2 Å². The van der Waals surface area contributed by atoms with E-state index in [1.54, 1.807) is 52.9 Å². The minimum atomic E-state index is -2.98. The van der Waals surface area contributed by atoms with Crippen LogP contribution >= 0.6 is 0 Å². The van der Waals surface area contributed by atoms with E-state index in [-0.39, 0.29) is 11.7 Å². The molecular formula is C27H24F3N3O3. The fourth-order valence-corrected chi connectivity index (χ4v) is 4.47. The molecule has 2 aromatic carbocycles. The van der Waals surface area contributed by atoms with E-state index in [0.717, 1.165) is 11.3 Å². The first kappa shape index (κ1) is 23.9. The fourth-order valence-electron chi connectivity index (χ4n) is 4.47. The third-order valence-corrected chi connectivity index (χ3v) is 6.33. The lowest BCUT2D eigenvalue weighted by atomic mass is 10.0. The second-order valence-electron chi connectivity index (χ2n) is 8.70. The molecule has 5 rings (SSSR count). The molecule has 0 bridgehead atoms. The van der Waals surface area contributed by atoms with Gasteiger partial charge >= 0.3 is 6.61 Å². The molecule has 0 fully saturated rings. The highest BCUT2D eigenvalue weighted by molar-refractivity contribution is 5.73. The normalized spacial score (nSPS) is 15.2. The Labute approximate surface area is 205 Å². The zero-order valence-corrected chi connectivity index (χ0v) is 19.7. The van der Waals surface area contributed by atoms with Crippen LogP contribution in [-0.2, 0) is 22.5 Å². The van der Waals surface area contributed by atoms with Crippen LogP contribution in [-0.4, -0.2) is 40.5 Å². The Balaban J connectivity index is 1.56. The average Bonchev–Trinajstić information content (AvgIpc) is 3.21. The number of halogens is 3. The molecule has 1 aliphatic heterocycles. The number of carbonyl (C=O) groups excluding carboxylic acids is 1. The predicted octanol–water partition coefficient (Wildman–Crippen LogP) is 5.38. The van der Waals surface area contributed by atoms with Crippen molar-refractivity contribution in [1.29, 1.82) is 0 Å². The fraction of sp³-hybridized carbons (Fsp3) is 0.259. The maximum atomic E-state index is 15.2. The number of imidazole rings is 1. The molecule has 0 N–H and O–H groups in total. The first-order valence-corrected chi connectivity index (χ1v) is 11.5. The molecule has 9 heteroatoms. The van der Waals surface area contributed by atoms with Gasteiger partial charge in [-0.3, -0.25) is 9.20 Å². The molecule has 6 nitrogen and oxygen atoms in total. The molecule has 2 aromatic heterocycles. The summed E-state index contributed by atoms with van der Waals surface area (Å²) in [7, 11) is 1.72. The second kappa shape index (κ2) is 9.66. The average molecular weight is 496 g/mol. The topological polar surface area (TPSA) is 56.1 Å². The van der Waals surface area contributed by atoms with Crippen molar-refractivity contribution in [3.8, 4) is 16.9 Å². The number of carbonyl (C=O) groups is 1. The molecule has 1 amide bonds. The van der Waals surface area contributed by atoms with Crippen LogP contribution in [0.15, 0.2) is 60.8 Å². The molecule has 3 heterocycles. The number of hydrogen-bond acceptors (Lipinski definition) is 4. The first-order chi connectivity index (χ1) is 17.3. The van der Waals surface area contributed by atoms with E-state index in [1.165, 1.54) is 19.1 Å². The summed E-state index contributed by atoms with van der Waals surface area (Å²) in [6.45, 7) is -0.684. The van der Waals surface area contributed by atoms with E-state index in [9.17, 15) is 13.6 Å². The number of fused-ring (bicyclic) bond motifs is 3. The minimum Gasteiger partial charge on any atom is -0.434 e. The Bertz CT molecular complexity index is 1420. The van der Waals surface area contributed by atoms with E-state index in [1.807, 2.05) is 12.1 Å². The largest absolute Gasteiger partial charge is 0.434 e. The highest BCUT2D eigenvalue weighted by Gasteiger charge is 2.31. The third kappa shape index (κ3) is 4.54. The number of nitrogens with zero attached hydrogens (tertiary/aromatic N) is 3. The number of para-hydroxylation sites is 1. The highest BCUT2D eigenvalue weighted by atomic mass is 19.3. The molecule has 0 saturated heterocycles. The van der Waals surface area contributed by atoms with Crippen molar-refractivity contribution < 1.29 is 27.4 Å². The van der Waals surface area contributed by atoms with Crippen LogP contribution in [0.3, 0.4) is 0 Å². The molecule has 36 heavy (non-hydrogen) atoms. The van der Waals surface area contributed by atoms with Gasteiger partial charge in [-0.15, -0.1) is 0 Å². The molecule has 0 radical (unpaired) electrons. The Hall–Kier alpha value is -3.85. The van der Waals surface area contributed by atoms with Crippen LogP contribution in [0.25, 0.3) is 16.8 Å². The summed E-state index contributed by atoms with van der Waals surface area (Å²) in [4.78, 5) is 17.7. The van der Waals surface area contributed by atoms with Crippen molar-refractivity contribution in [1.82, 2.24) is 14.3 Å². The van der Waals surface area contributed by atoms with Crippen molar-refractivity contribution in [2.24, 2.45) is 0 Å². The lowest BCUT2D eigenvalue weighted by Crippen LogP contribution is -2.22. The third-order valence-electron chi connectivity index (χ3n) is 6.33. The summed E-state index contributed by atoms with van der Waals surface area (Å²) in [6.07, 6.45) is 1.47. The summed E-state index contributed by atoms with van der Waals surface area (Å²) in [5.41, 5.74) is 4.16. The molecule has 0 spiro atoms. The molecule has 0 aliphatic carbocycles. The number of pyridine rings is 1. The van der Waals surface area contributed by atoms with E-state index >= 15 is 4.39 Å². The Morgan fingerprint density at radius 2 is 1.97 bits per heavy atom. The lowest BCUT2D eigenvalue weighted by molar-refractivity contribution is -0.128. The SMILES string of the molecule is CC(=O)N(C)Cc1ccc(-c2cn3c4c(nc3cc2F)CCOC4c2ccccc2OC(F)F)cc1. The van der Waals surface area contributed by atoms with Gasteiger partial charge in [0.05, 0.1) is 18.0 Å². The van der Waals surface area contributed by atoms with Crippen molar-refractivity contribution >= 4 is 11.6 Å². The number of alkyl halides is 2. The number of hydrogen-bond donors (Lipinski definition) is 0. The van der Waals surface area contributed by atoms with Crippen molar-refractivity contribution in [2.75, 3.05) is 13.7 Å². The minimum absolute atomic E-state index is 0.0220. The molecule has 1 unspecified atom stereocenters. The standard InChI is InChI=1S/C27H24F3N3O3/c1-16(34)32(2)14-17-7-9-18(10-8-17)20-15-33-24(13-21(20)28)31-22-11-12-35-26(25(22)33)19-5-3-4-6-23(19)36-27(29)30/h3-10,13,15,26-27H,11-12,14H2,1-2H3. The number of benzene rings is 2. The Kier molecular flexibility index (Phi) is 6.40. The monoisotopic (exact) mass is 495 g/mol. The van der Waals surface area contributed by atoms with Crippen LogP contribution < -0.4 is 4.74 Å².